The van der Waals surface area contributed by atoms with Crippen LogP contribution in [0, 0.1) is 0 Å². The number of hydrogen-bond donors (Lipinski definition) is 0. The van der Waals surface area contributed by atoms with Crippen molar-refractivity contribution in [1.82, 2.24) is 0 Å². The third-order valence-corrected chi connectivity index (χ3v) is 12.1. The van der Waals surface area contributed by atoms with E-state index in [1.165, 1.54) is 173 Å². The van der Waals surface area contributed by atoms with Crippen molar-refractivity contribution in [2.45, 2.75) is 297 Å². The maximum absolute atomic E-state index is 12.8. The van der Waals surface area contributed by atoms with Crippen molar-refractivity contribution < 1.29 is 28.6 Å². The number of carbonyl (C=O) groups excluding carboxylic acids is 3. The predicted octanol–water partition coefficient (Wildman–Crippen LogP) is 18.1. The quantitative estimate of drug-likeness (QED) is 0.0262. The Morgan fingerprint density at radius 2 is 0.571 bits per heavy atom. The Morgan fingerprint density at radius 1 is 0.317 bits per heavy atom. The summed E-state index contributed by atoms with van der Waals surface area (Å²) in [5, 5.41) is 0. The maximum Gasteiger partial charge on any atom is 0.306 e. The Bertz CT molecular complexity index is 1060. The normalized spacial score (nSPS) is 12.2. The van der Waals surface area contributed by atoms with Crippen LogP contribution in [0.3, 0.4) is 0 Å². The SMILES string of the molecule is CCCCCC/C=C\C/C=C\CCCCCCCCCC(=O)OCC(COC(=O)CCCCCCCCCCCCC)OC(=O)CCCCCCC/C=C\CCCCCCCCC. The van der Waals surface area contributed by atoms with Gasteiger partial charge in [0.05, 0.1) is 0 Å². The standard InChI is InChI=1S/C57H104O6/c1-4-7-10-13-16-19-22-24-26-28-29-31-32-35-38-41-44-47-50-56(59)62-53-54(52-61-55(58)49-46-43-40-37-34-21-18-15-12-9-6-3)63-57(60)51-48-45-42-39-36-33-30-27-25-23-20-17-14-11-8-5-2/h19,22,26-28,30,54H,4-18,20-21,23-25,29,31-53H2,1-3H3/b22-19-,28-26-,30-27-. The van der Waals surface area contributed by atoms with Gasteiger partial charge in [-0.1, -0.05) is 231 Å². The summed E-state index contributed by atoms with van der Waals surface area (Å²) < 4.78 is 16.8. The molecule has 0 bridgehead atoms. The fourth-order valence-electron chi connectivity index (χ4n) is 7.94. The first-order chi connectivity index (χ1) is 31.0. The molecule has 0 aliphatic rings. The third kappa shape index (κ3) is 50.5. The molecule has 0 heterocycles. The highest BCUT2D eigenvalue weighted by atomic mass is 16.6. The van der Waals surface area contributed by atoms with Crippen molar-refractivity contribution in [2.75, 3.05) is 13.2 Å². The fourth-order valence-corrected chi connectivity index (χ4v) is 7.94. The minimum Gasteiger partial charge on any atom is -0.462 e. The first-order valence-electron chi connectivity index (χ1n) is 27.5. The molecule has 0 radical (unpaired) electrons. The van der Waals surface area contributed by atoms with Gasteiger partial charge in [-0.15, -0.1) is 0 Å². The highest BCUT2D eigenvalue weighted by Gasteiger charge is 2.19. The fraction of sp³-hybridized carbons (Fsp3) is 0.842. The van der Waals surface area contributed by atoms with Gasteiger partial charge in [-0.2, -0.15) is 0 Å². The van der Waals surface area contributed by atoms with Crippen LogP contribution in [-0.2, 0) is 28.6 Å². The van der Waals surface area contributed by atoms with E-state index < -0.39 is 6.10 Å². The lowest BCUT2D eigenvalue weighted by molar-refractivity contribution is -0.167. The molecule has 0 N–H and O–H groups in total. The van der Waals surface area contributed by atoms with Gasteiger partial charge in [-0.3, -0.25) is 14.4 Å². The number of allylic oxidation sites excluding steroid dienone is 6. The van der Waals surface area contributed by atoms with E-state index >= 15 is 0 Å². The molecule has 0 aromatic rings. The molecule has 0 aromatic heterocycles. The van der Waals surface area contributed by atoms with Crippen molar-refractivity contribution >= 4 is 17.9 Å². The van der Waals surface area contributed by atoms with E-state index in [9.17, 15) is 14.4 Å². The first kappa shape index (κ1) is 60.6. The average molecular weight is 885 g/mol. The minimum absolute atomic E-state index is 0.0750. The number of unbranched alkanes of at least 4 members (excludes halogenated alkanes) is 33. The Kier molecular flexibility index (Phi) is 50.3. The summed E-state index contributed by atoms with van der Waals surface area (Å²) in [7, 11) is 0. The van der Waals surface area contributed by atoms with Crippen LogP contribution in [0.2, 0.25) is 0 Å². The van der Waals surface area contributed by atoms with Crippen LogP contribution in [0.15, 0.2) is 36.5 Å². The van der Waals surface area contributed by atoms with Gasteiger partial charge in [0.2, 0.25) is 0 Å². The van der Waals surface area contributed by atoms with Crippen molar-refractivity contribution in [1.29, 1.82) is 0 Å². The van der Waals surface area contributed by atoms with Gasteiger partial charge in [0.1, 0.15) is 13.2 Å². The molecule has 6 heteroatoms. The van der Waals surface area contributed by atoms with Crippen molar-refractivity contribution in [3.05, 3.63) is 36.5 Å². The number of rotatable bonds is 50. The van der Waals surface area contributed by atoms with Gasteiger partial charge < -0.3 is 14.2 Å². The number of hydrogen-bond acceptors (Lipinski definition) is 6. The van der Waals surface area contributed by atoms with Gasteiger partial charge in [0.15, 0.2) is 6.10 Å². The Hall–Kier alpha value is -2.37. The Balaban J connectivity index is 4.34. The number of carbonyl (C=O) groups is 3. The zero-order chi connectivity index (χ0) is 45.8. The molecule has 0 aliphatic heterocycles. The largest absolute Gasteiger partial charge is 0.462 e. The smallest absolute Gasteiger partial charge is 0.306 e. The van der Waals surface area contributed by atoms with E-state index in [4.69, 9.17) is 14.2 Å². The van der Waals surface area contributed by atoms with E-state index in [2.05, 4.69) is 57.2 Å². The monoisotopic (exact) mass is 885 g/mol. The molecule has 1 atom stereocenters. The maximum atomic E-state index is 12.8. The molecule has 0 amide bonds. The second-order valence-corrected chi connectivity index (χ2v) is 18.5. The second kappa shape index (κ2) is 52.3. The molecule has 1 unspecified atom stereocenters. The molecule has 0 rings (SSSR count). The highest BCUT2D eigenvalue weighted by Crippen LogP contribution is 2.15. The van der Waals surface area contributed by atoms with Gasteiger partial charge in [0.25, 0.3) is 0 Å². The summed E-state index contributed by atoms with van der Waals surface area (Å²) in [5.41, 5.74) is 0. The molecule has 0 aromatic carbocycles. The molecular weight excluding hydrogens is 781 g/mol. The van der Waals surface area contributed by atoms with Crippen LogP contribution in [0.5, 0.6) is 0 Å². The number of esters is 3. The van der Waals surface area contributed by atoms with Gasteiger partial charge in [-0.05, 0) is 77.0 Å². The van der Waals surface area contributed by atoms with Gasteiger partial charge in [-0.25, -0.2) is 0 Å². The van der Waals surface area contributed by atoms with Crippen molar-refractivity contribution in [3.63, 3.8) is 0 Å². The summed E-state index contributed by atoms with van der Waals surface area (Å²) in [4.78, 5) is 38.0. The van der Waals surface area contributed by atoms with E-state index in [0.717, 1.165) is 77.0 Å². The zero-order valence-electron chi connectivity index (χ0n) is 42.1. The van der Waals surface area contributed by atoms with Gasteiger partial charge >= 0.3 is 17.9 Å². The summed E-state index contributed by atoms with van der Waals surface area (Å²) in [5.74, 6) is -0.879. The van der Waals surface area contributed by atoms with E-state index in [0.29, 0.717) is 19.3 Å². The molecule has 6 nitrogen and oxygen atoms in total. The zero-order valence-corrected chi connectivity index (χ0v) is 42.1. The Morgan fingerprint density at radius 3 is 0.905 bits per heavy atom. The summed E-state index contributed by atoms with van der Waals surface area (Å²) in [6.07, 6.45) is 61.3. The van der Waals surface area contributed by atoms with Crippen LogP contribution in [0.1, 0.15) is 290 Å². The lowest BCUT2D eigenvalue weighted by Crippen LogP contribution is -2.30. The molecule has 0 spiro atoms. The van der Waals surface area contributed by atoms with Crippen LogP contribution in [0.4, 0.5) is 0 Å². The Labute approximate surface area is 391 Å². The van der Waals surface area contributed by atoms with E-state index in [-0.39, 0.29) is 31.1 Å². The first-order valence-corrected chi connectivity index (χ1v) is 27.5. The van der Waals surface area contributed by atoms with Crippen molar-refractivity contribution in [3.8, 4) is 0 Å². The second-order valence-electron chi connectivity index (χ2n) is 18.5. The van der Waals surface area contributed by atoms with Crippen LogP contribution in [0.25, 0.3) is 0 Å². The van der Waals surface area contributed by atoms with Crippen molar-refractivity contribution in [2.24, 2.45) is 0 Å². The van der Waals surface area contributed by atoms with E-state index in [1.54, 1.807) is 0 Å². The number of ether oxygens (including phenoxy) is 3. The minimum atomic E-state index is -0.776. The predicted molar refractivity (Wildman–Crippen MR) is 270 cm³/mol. The van der Waals surface area contributed by atoms with E-state index in [1.807, 2.05) is 0 Å². The molecular formula is C57H104O6. The average Bonchev–Trinajstić information content (AvgIpc) is 3.28. The summed E-state index contributed by atoms with van der Waals surface area (Å²) >= 11 is 0. The van der Waals surface area contributed by atoms with Crippen LogP contribution in [-0.4, -0.2) is 37.2 Å². The molecule has 0 aliphatic carbocycles. The topological polar surface area (TPSA) is 78.9 Å². The van der Waals surface area contributed by atoms with Crippen LogP contribution >= 0.6 is 0 Å². The third-order valence-electron chi connectivity index (χ3n) is 12.1. The molecule has 368 valence electrons. The lowest BCUT2D eigenvalue weighted by Gasteiger charge is -2.18. The lowest BCUT2D eigenvalue weighted by atomic mass is 10.1. The summed E-state index contributed by atoms with van der Waals surface area (Å²) in [6.45, 7) is 6.63. The summed E-state index contributed by atoms with van der Waals surface area (Å²) in [6, 6.07) is 0. The molecule has 0 fully saturated rings. The van der Waals surface area contributed by atoms with Crippen LogP contribution < -0.4 is 0 Å². The molecule has 0 saturated heterocycles. The molecule has 0 saturated carbocycles. The van der Waals surface area contributed by atoms with Gasteiger partial charge in [0, 0.05) is 19.3 Å². The highest BCUT2D eigenvalue weighted by molar-refractivity contribution is 5.71. The molecule has 63 heavy (non-hydrogen) atoms.